The minimum absolute atomic E-state index is 0.693. The van der Waals surface area contributed by atoms with Crippen molar-refractivity contribution in [3.8, 4) is 5.75 Å². The molecule has 1 aromatic heterocycles. The Balaban J connectivity index is 1.90. The molecule has 0 atom stereocenters. The van der Waals surface area contributed by atoms with Crippen molar-refractivity contribution in [1.82, 2.24) is 0 Å². The first-order valence-electron chi connectivity index (χ1n) is 5.80. The lowest BCUT2D eigenvalue weighted by Gasteiger charge is -2.06. The van der Waals surface area contributed by atoms with Gasteiger partial charge in [-0.25, -0.2) is 0 Å². The van der Waals surface area contributed by atoms with Gasteiger partial charge in [0.1, 0.15) is 17.3 Å². The standard InChI is InChI=1S/C14H17NO2/c1-3-16-13-8-5-12(6-9-13)15-10-14-7-4-11(2)17-14/h4-9,15H,3,10H2,1-2H3. The van der Waals surface area contributed by atoms with Gasteiger partial charge in [0.15, 0.2) is 0 Å². The normalized spacial score (nSPS) is 10.2. The van der Waals surface area contributed by atoms with Gasteiger partial charge in [-0.3, -0.25) is 0 Å². The third kappa shape index (κ3) is 3.28. The molecule has 0 fully saturated rings. The number of benzene rings is 1. The summed E-state index contributed by atoms with van der Waals surface area (Å²) in [5.41, 5.74) is 1.06. The van der Waals surface area contributed by atoms with E-state index in [1.165, 1.54) is 0 Å². The van der Waals surface area contributed by atoms with Gasteiger partial charge in [-0.05, 0) is 50.2 Å². The quantitative estimate of drug-likeness (QED) is 0.853. The molecular formula is C14H17NO2. The zero-order valence-electron chi connectivity index (χ0n) is 10.2. The van der Waals surface area contributed by atoms with Crippen molar-refractivity contribution in [3.63, 3.8) is 0 Å². The maximum Gasteiger partial charge on any atom is 0.123 e. The molecule has 0 aliphatic carbocycles. The van der Waals surface area contributed by atoms with E-state index in [-0.39, 0.29) is 0 Å². The fourth-order valence-electron chi connectivity index (χ4n) is 1.60. The second-order valence-electron chi connectivity index (χ2n) is 3.82. The fraction of sp³-hybridized carbons (Fsp3) is 0.286. The molecular weight excluding hydrogens is 214 g/mol. The van der Waals surface area contributed by atoms with Gasteiger partial charge in [0.05, 0.1) is 13.2 Å². The van der Waals surface area contributed by atoms with Crippen LogP contribution in [0.2, 0.25) is 0 Å². The highest BCUT2D eigenvalue weighted by atomic mass is 16.5. The Kier molecular flexibility index (Phi) is 3.70. The molecule has 0 saturated carbocycles. The molecule has 3 nitrogen and oxygen atoms in total. The van der Waals surface area contributed by atoms with Gasteiger partial charge >= 0.3 is 0 Å². The zero-order chi connectivity index (χ0) is 12.1. The molecule has 0 bridgehead atoms. The summed E-state index contributed by atoms with van der Waals surface area (Å²) in [5, 5.41) is 3.29. The SMILES string of the molecule is CCOc1ccc(NCc2ccc(C)o2)cc1. The van der Waals surface area contributed by atoms with Crippen molar-refractivity contribution in [1.29, 1.82) is 0 Å². The summed E-state index contributed by atoms with van der Waals surface area (Å²) < 4.78 is 10.9. The molecule has 0 spiro atoms. The average Bonchev–Trinajstić information content (AvgIpc) is 2.75. The van der Waals surface area contributed by atoms with Crippen LogP contribution in [0.1, 0.15) is 18.4 Å². The summed E-state index contributed by atoms with van der Waals surface area (Å²) in [6.45, 7) is 5.31. The second kappa shape index (κ2) is 5.43. The van der Waals surface area contributed by atoms with Crippen LogP contribution >= 0.6 is 0 Å². The molecule has 2 rings (SSSR count). The fourth-order valence-corrected chi connectivity index (χ4v) is 1.60. The van der Waals surface area contributed by atoms with E-state index in [0.29, 0.717) is 13.2 Å². The highest BCUT2D eigenvalue weighted by Crippen LogP contribution is 2.16. The average molecular weight is 231 g/mol. The third-order valence-electron chi connectivity index (χ3n) is 2.43. The minimum atomic E-state index is 0.693. The molecule has 3 heteroatoms. The maximum atomic E-state index is 5.48. The van der Waals surface area contributed by atoms with Crippen molar-refractivity contribution in [2.45, 2.75) is 20.4 Å². The maximum absolute atomic E-state index is 5.48. The summed E-state index contributed by atoms with van der Waals surface area (Å²) >= 11 is 0. The van der Waals surface area contributed by atoms with E-state index in [9.17, 15) is 0 Å². The number of anilines is 1. The van der Waals surface area contributed by atoms with E-state index >= 15 is 0 Å². The smallest absolute Gasteiger partial charge is 0.123 e. The van der Waals surface area contributed by atoms with Crippen LogP contribution in [0.4, 0.5) is 5.69 Å². The van der Waals surface area contributed by atoms with Gasteiger partial charge in [0, 0.05) is 5.69 Å². The molecule has 1 N–H and O–H groups in total. The van der Waals surface area contributed by atoms with Crippen LogP contribution in [-0.4, -0.2) is 6.61 Å². The lowest BCUT2D eigenvalue weighted by Crippen LogP contribution is -1.98. The minimum Gasteiger partial charge on any atom is -0.494 e. The van der Waals surface area contributed by atoms with Gasteiger partial charge in [-0.2, -0.15) is 0 Å². The lowest BCUT2D eigenvalue weighted by molar-refractivity contribution is 0.340. The Morgan fingerprint density at radius 2 is 1.88 bits per heavy atom. The van der Waals surface area contributed by atoms with E-state index in [0.717, 1.165) is 23.0 Å². The Hall–Kier alpha value is -1.90. The van der Waals surface area contributed by atoms with E-state index in [2.05, 4.69) is 5.32 Å². The highest BCUT2D eigenvalue weighted by Gasteiger charge is 1.99. The number of nitrogens with one attached hydrogen (secondary N) is 1. The Morgan fingerprint density at radius 3 is 2.47 bits per heavy atom. The van der Waals surface area contributed by atoms with Crippen molar-refractivity contribution in [2.24, 2.45) is 0 Å². The zero-order valence-corrected chi connectivity index (χ0v) is 10.2. The molecule has 0 amide bonds. The number of hydrogen-bond donors (Lipinski definition) is 1. The van der Waals surface area contributed by atoms with Crippen LogP contribution in [0.3, 0.4) is 0 Å². The Labute approximate surface area is 101 Å². The van der Waals surface area contributed by atoms with Gasteiger partial charge in [0.25, 0.3) is 0 Å². The Morgan fingerprint density at radius 1 is 1.12 bits per heavy atom. The first-order valence-corrected chi connectivity index (χ1v) is 5.80. The largest absolute Gasteiger partial charge is 0.494 e. The number of ether oxygens (including phenoxy) is 1. The number of aryl methyl sites for hydroxylation is 1. The van der Waals surface area contributed by atoms with Crippen molar-refractivity contribution in [3.05, 3.63) is 47.9 Å². The van der Waals surface area contributed by atoms with Gasteiger partial charge in [-0.15, -0.1) is 0 Å². The summed E-state index contributed by atoms with van der Waals surface area (Å²) in [6.07, 6.45) is 0. The van der Waals surface area contributed by atoms with Gasteiger partial charge < -0.3 is 14.5 Å². The molecule has 1 heterocycles. The Bertz CT molecular complexity index is 459. The first kappa shape index (κ1) is 11.6. The van der Waals surface area contributed by atoms with Crippen molar-refractivity contribution >= 4 is 5.69 Å². The summed E-state index contributed by atoms with van der Waals surface area (Å²) in [6, 6.07) is 11.9. The van der Waals surface area contributed by atoms with Crippen LogP contribution in [0.15, 0.2) is 40.8 Å². The number of hydrogen-bond acceptors (Lipinski definition) is 3. The molecule has 90 valence electrons. The van der Waals surface area contributed by atoms with Gasteiger partial charge in [-0.1, -0.05) is 0 Å². The summed E-state index contributed by atoms with van der Waals surface area (Å²) in [7, 11) is 0. The van der Waals surface area contributed by atoms with Crippen molar-refractivity contribution in [2.75, 3.05) is 11.9 Å². The molecule has 0 aliphatic rings. The predicted molar refractivity (Wildman–Crippen MR) is 68.4 cm³/mol. The van der Waals surface area contributed by atoms with Crippen LogP contribution < -0.4 is 10.1 Å². The summed E-state index contributed by atoms with van der Waals surface area (Å²) in [5.74, 6) is 2.77. The predicted octanol–water partition coefficient (Wildman–Crippen LogP) is 3.60. The number of rotatable bonds is 5. The topological polar surface area (TPSA) is 34.4 Å². The monoisotopic (exact) mass is 231 g/mol. The van der Waals surface area contributed by atoms with E-state index in [1.54, 1.807) is 0 Å². The lowest BCUT2D eigenvalue weighted by atomic mass is 10.3. The van der Waals surface area contributed by atoms with E-state index in [4.69, 9.17) is 9.15 Å². The molecule has 1 aromatic carbocycles. The molecule has 0 aliphatic heterocycles. The molecule has 0 radical (unpaired) electrons. The van der Waals surface area contributed by atoms with E-state index in [1.807, 2.05) is 50.2 Å². The molecule has 0 saturated heterocycles. The third-order valence-corrected chi connectivity index (χ3v) is 2.43. The first-order chi connectivity index (χ1) is 8.28. The highest BCUT2D eigenvalue weighted by molar-refractivity contribution is 5.46. The molecule has 0 unspecified atom stereocenters. The summed E-state index contributed by atoms with van der Waals surface area (Å²) in [4.78, 5) is 0. The molecule has 17 heavy (non-hydrogen) atoms. The second-order valence-corrected chi connectivity index (χ2v) is 3.82. The number of furan rings is 1. The molecule has 2 aromatic rings. The van der Waals surface area contributed by atoms with E-state index < -0.39 is 0 Å². The van der Waals surface area contributed by atoms with Crippen LogP contribution in [0.5, 0.6) is 5.75 Å². The van der Waals surface area contributed by atoms with Crippen molar-refractivity contribution < 1.29 is 9.15 Å². The van der Waals surface area contributed by atoms with Crippen LogP contribution in [-0.2, 0) is 6.54 Å². The van der Waals surface area contributed by atoms with Crippen LogP contribution in [0.25, 0.3) is 0 Å². The van der Waals surface area contributed by atoms with Gasteiger partial charge in [0.2, 0.25) is 0 Å². The van der Waals surface area contributed by atoms with Crippen LogP contribution in [0, 0.1) is 6.92 Å².